The Morgan fingerprint density at radius 2 is 2.28 bits per heavy atom. The van der Waals surface area contributed by atoms with Crippen molar-refractivity contribution in [3.8, 4) is 0 Å². The highest BCUT2D eigenvalue weighted by molar-refractivity contribution is 5.75. The molecule has 0 bridgehead atoms. The number of nitrogens with two attached hydrogens (primary N) is 1. The highest BCUT2D eigenvalue weighted by Crippen LogP contribution is 2.29. The minimum Gasteiger partial charge on any atom is -0.388 e. The molecule has 7 heteroatoms. The molecular weight excluding hydrogens is 234 g/mol. The van der Waals surface area contributed by atoms with Crippen LogP contribution in [0, 0.1) is 0 Å². The smallest absolute Gasteiger partial charge is 0.244 e. The maximum atomic E-state index is 11.9. The van der Waals surface area contributed by atoms with Gasteiger partial charge in [-0.25, -0.2) is 9.67 Å². The van der Waals surface area contributed by atoms with E-state index in [1.165, 1.54) is 11.0 Å². The topological polar surface area (TPSA) is 97.3 Å². The van der Waals surface area contributed by atoms with Crippen LogP contribution in [-0.2, 0) is 11.3 Å². The first-order valence-electron chi connectivity index (χ1n) is 6.10. The van der Waals surface area contributed by atoms with Crippen LogP contribution in [-0.4, -0.2) is 49.9 Å². The lowest BCUT2D eigenvalue weighted by Crippen LogP contribution is -2.43. The first kappa shape index (κ1) is 12.8. The summed E-state index contributed by atoms with van der Waals surface area (Å²) in [6.07, 6.45) is 5.00. The van der Waals surface area contributed by atoms with Gasteiger partial charge in [0.05, 0.1) is 5.60 Å². The number of aromatic nitrogens is 3. The molecule has 1 aliphatic carbocycles. The summed E-state index contributed by atoms with van der Waals surface area (Å²) in [6.45, 7) is 0.465. The minimum absolute atomic E-state index is 0.0940. The molecule has 1 amide bonds. The predicted octanol–water partition coefficient (Wildman–Crippen LogP) is -0.376. The molecular formula is C11H19N5O2. The van der Waals surface area contributed by atoms with Gasteiger partial charge in [0.25, 0.3) is 0 Å². The number of hydrogen-bond acceptors (Lipinski definition) is 5. The lowest BCUT2D eigenvalue weighted by molar-refractivity contribution is -0.134. The molecule has 1 fully saturated rings. The molecule has 1 aliphatic rings. The van der Waals surface area contributed by atoms with Gasteiger partial charge in [-0.2, -0.15) is 0 Å². The number of rotatable bonds is 4. The molecule has 1 saturated carbocycles. The molecule has 0 saturated heterocycles. The van der Waals surface area contributed by atoms with Crippen LogP contribution >= 0.6 is 0 Å². The zero-order chi connectivity index (χ0) is 13.2. The van der Waals surface area contributed by atoms with Crippen molar-refractivity contribution in [3.05, 3.63) is 6.33 Å². The fourth-order valence-corrected chi connectivity index (χ4v) is 2.37. The van der Waals surface area contributed by atoms with Gasteiger partial charge in [-0.05, 0) is 12.8 Å². The fourth-order valence-electron chi connectivity index (χ4n) is 2.37. The summed E-state index contributed by atoms with van der Waals surface area (Å²) in [7, 11) is 1.69. The van der Waals surface area contributed by atoms with E-state index < -0.39 is 5.60 Å². The Morgan fingerprint density at radius 1 is 1.61 bits per heavy atom. The lowest BCUT2D eigenvalue weighted by Gasteiger charge is -2.28. The number of anilines is 1. The quantitative estimate of drug-likeness (QED) is 0.762. The molecule has 100 valence electrons. The van der Waals surface area contributed by atoms with Crippen molar-refractivity contribution in [2.45, 2.75) is 37.8 Å². The summed E-state index contributed by atoms with van der Waals surface area (Å²) in [4.78, 5) is 17.2. The van der Waals surface area contributed by atoms with Crippen molar-refractivity contribution >= 4 is 11.9 Å². The Kier molecular flexibility index (Phi) is 3.51. The summed E-state index contributed by atoms with van der Waals surface area (Å²) in [5, 5.41) is 14.1. The standard InChI is InChI=1S/C11H19N5O2/c1-15(7-11(18)4-2-3-5-11)9(17)6-16-8-13-10(12)14-16/h8,18H,2-7H2,1H3,(H2,12,14). The fraction of sp³-hybridized carbons (Fsp3) is 0.727. The number of carbonyl (C=O) groups is 1. The van der Waals surface area contributed by atoms with Crippen LogP contribution in [0.2, 0.25) is 0 Å². The van der Waals surface area contributed by atoms with E-state index in [9.17, 15) is 9.90 Å². The molecule has 0 aromatic carbocycles. The maximum Gasteiger partial charge on any atom is 0.244 e. The van der Waals surface area contributed by atoms with Crippen molar-refractivity contribution < 1.29 is 9.90 Å². The average molecular weight is 253 g/mol. The molecule has 0 radical (unpaired) electrons. The molecule has 0 spiro atoms. The molecule has 1 heterocycles. The predicted molar refractivity (Wildman–Crippen MR) is 65.5 cm³/mol. The largest absolute Gasteiger partial charge is 0.388 e. The van der Waals surface area contributed by atoms with Gasteiger partial charge >= 0.3 is 0 Å². The van der Waals surface area contributed by atoms with E-state index in [-0.39, 0.29) is 18.4 Å². The van der Waals surface area contributed by atoms with Crippen molar-refractivity contribution in [3.63, 3.8) is 0 Å². The van der Waals surface area contributed by atoms with Gasteiger partial charge in [-0.1, -0.05) is 12.8 Å². The second-order valence-corrected chi connectivity index (χ2v) is 4.98. The lowest BCUT2D eigenvalue weighted by atomic mass is 10.0. The van der Waals surface area contributed by atoms with Gasteiger partial charge in [0.2, 0.25) is 11.9 Å². The number of hydrogen-bond donors (Lipinski definition) is 2. The molecule has 3 N–H and O–H groups in total. The van der Waals surface area contributed by atoms with Crippen LogP contribution in [0.1, 0.15) is 25.7 Å². The monoisotopic (exact) mass is 253 g/mol. The van der Waals surface area contributed by atoms with E-state index in [2.05, 4.69) is 10.1 Å². The van der Waals surface area contributed by atoms with E-state index in [0.717, 1.165) is 25.7 Å². The maximum absolute atomic E-state index is 11.9. The second kappa shape index (κ2) is 4.93. The normalized spacial score (nSPS) is 17.9. The van der Waals surface area contributed by atoms with E-state index in [4.69, 9.17) is 5.73 Å². The van der Waals surface area contributed by atoms with Crippen molar-refractivity contribution in [2.24, 2.45) is 0 Å². The second-order valence-electron chi connectivity index (χ2n) is 4.98. The molecule has 18 heavy (non-hydrogen) atoms. The van der Waals surface area contributed by atoms with Gasteiger partial charge in [0, 0.05) is 13.6 Å². The molecule has 2 rings (SSSR count). The Bertz CT molecular complexity index is 425. The highest BCUT2D eigenvalue weighted by atomic mass is 16.3. The summed E-state index contributed by atoms with van der Waals surface area (Å²) >= 11 is 0. The van der Waals surface area contributed by atoms with Crippen molar-refractivity contribution in [2.75, 3.05) is 19.3 Å². The third-order valence-corrected chi connectivity index (χ3v) is 3.34. The summed E-state index contributed by atoms with van der Waals surface area (Å²) in [6, 6.07) is 0. The number of amides is 1. The van der Waals surface area contributed by atoms with Gasteiger partial charge in [-0.15, -0.1) is 5.10 Å². The third-order valence-electron chi connectivity index (χ3n) is 3.34. The molecule has 0 atom stereocenters. The van der Waals surface area contributed by atoms with Crippen LogP contribution in [0.25, 0.3) is 0 Å². The van der Waals surface area contributed by atoms with E-state index in [1.807, 2.05) is 0 Å². The van der Waals surface area contributed by atoms with E-state index >= 15 is 0 Å². The van der Waals surface area contributed by atoms with Crippen LogP contribution in [0.5, 0.6) is 0 Å². The van der Waals surface area contributed by atoms with Crippen molar-refractivity contribution in [1.82, 2.24) is 19.7 Å². The van der Waals surface area contributed by atoms with Gasteiger partial charge in [-0.3, -0.25) is 4.79 Å². The number of aliphatic hydroxyl groups is 1. The molecule has 1 aromatic heterocycles. The van der Waals surface area contributed by atoms with E-state index in [1.54, 1.807) is 11.9 Å². The molecule has 7 nitrogen and oxygen atoms in total. The van der Waals surface area contributed by atoms with Gasteiger partial charge in [0.15, 0.2) is 0 Å². The number of nitrogens with zero attached hydrogens (tertiary/aromatic N) is 4. The minimum atomic E-state index is -0.716. The first-order chi connectivity index (χ1) is 8.48. The number of carbonyl (C=O) groups excluding carboxylic acids is 1. The average Bonchev–Trinajstić information content (AvgIpc) is 2.88. The zero-order valence-electron chi connectivity index (χ0n) is 10.5. The first-order valence-corrected chi connectivity index (χ1v) is 6.10. The van der Waals surface area contributed by atoms with Crippen LogP contribution < -0.4 is 5.73 Å². The van der Waals surface area contributed by atoms with Crippen LogP contribution in [0.3, 0.4) is 0 Å². The Hall–Kier alpha value is -1.63. The summed E-state index contributed by atoms with van der Waals surface area (Å²) in [5.74, 6) is 0.0418. The molecule has 1 aromatic rings. The summed E-state index contributed by atoms with van der Waals surface area (Å²) < 4.78 is 1.40. The zero-order valence-corrected chi connectivity index (χ0v) is 10.5. The Morgan fingerprint density at radius 3 is 2.83 bits per heavy atom. The number of nitrogen functional groups attached to an aromatic ring is 1. The SMILES string of the molecule is CN(CC1(O)CCCC1)C(=O)Cn1cnc(N)n1. The molecule has 0 aliphatic heterocycles. The Labute approximate surface area is 106 Å². The Balaban J connectivity index is 1.88. The number of likely N-dealkylation sites (N-methyl/N-ethyl adjacent to an activating group) is 1. The van der Waals surface area contributed by atoms with Crippen LogP contribution in [0.4, 0.5) is 5.95 Å². The van der Waals surface area contributed by atoms with Crippen molar-refractivity contribution in [1.29, 1.82) is 0 Å². The third kappa shape index (κ3) is 2.98. The van der Waals surface area contributed by atoms with Gasteiger partial charge < -0.3 is 15.7 Å². The highest BCUT2D eigenvalue weighted by Gasteiger charge is 2.33. The summed E-state index contributed by atoms with van der Waals surface area (Å²) in [5.41, 5.74) is 4.66. The van der Waals surface area contributed by atoms with E-state index in [0.29, 0.717) is 6.54 Å². The van der Waals surface area contributed by atoms with Gasteiger partial charge in [0.1, 0.15) is 12.9 Å². The van der Waals surface area contributed by atoms with Crippen LogP contribution in [0.15, 0.2) is 6.33 Å². The molecule has 0 unspecified atom stereocenters.